The summed E-state index contributed by atoms with van der Waals surface area (Å²) in [7, 11) is 1.29. The Morgan fingerprint density at radius 2 is 1.77 bits per heavy atom. The van der Waals surface area contributed by atoms with Gasteiger partial charge in [-0.15, -0.1) is 0 Å². The fraction of sp³-hybridized carbons (Fsp3) is 0.211. The number of anilines is 2. The molecule has 0 radical (unpaired) electrons. The Bertz CT molecular complexity index is 834. The van der Waals surface area contributed by atoms with E-state index in [4.69, 9.17) is 0 Å². The predicted molar refractivity (Wildman–Crippen MR) is 93.3 cm³/mol. The molecule has 26 heavy (non-hydrogen) atoms. The fourth-order valence-electron chi connectivity index (χ4n) is 2.81. The van der Waals surface area contributed by atoms with Crippen molar-refractivity contribution in [2.45, 2.75) is 6.42 Å². The lowest BCUT2D eigenvalue weighted by Gasteiger charge is -2.16. The van der Waals surface area contributed by atoms with Gasteiger partial charge in [-0.3, -0.25) is 9.59 Å². The Morgan fingerprint density at radius 3 is 2.38 bits per heavy atom. The second-order valence-electron chi connectivity index (χ2n) is 5.94. The van der Waals surface area contributed by atoms with Crippen molar-refractivity contribution in [3.05, 3.63) is 59.9 Å². The van der Waals surface area contributed by atoms with Crippen molar-refractivity contribution in [2.24, 2.45) is 5.92 Å². The summed E-state index contributed by atoms with van der Waals surface area (Å²) in [5.74, 6) is -1.82. The van der Waals surface area contributed by atoms with E-state index in [1.54, 1.807) is 24.3 Å². The molecule has 7 heteroatoms. The number of hydrogen-bond donors (Lipinski definition) is 1. The number of halogens is 1. The number of methoxy groups -OCH3 is 1. The van der Waals surface area contributed by atoms with Crippen LogP contribution >= 0.6 is 0 Å². The standard InChI is InChI=1S/C19H17FN2O4/c1-26-19(25)12-2-6-15(7-3-12)21-18(24)13-10-17(23)22(11-13)16-8-4-14(20)5-9-16/h2-9,13H,10-11H2,1H3,(H,21,24)/t13-/m1/s1. The first-order valence-corrected chi connectivity index (χ1v) is 8.03. The number of ether oxygens (including phenoxy) is 1. The normalized spacial score (nSPS) is 16.5. The molecule has 2 amide bonds. The molecule has 0 unspecified atom stereocenters. The first kappa shape index (κ1) is 17.6. The number of benzene rings is 2. The number of amides is 2. The lowest BCUT2D eigenvalue weighted by molar-refractivity contribution is -0.122. The minimum absolute atomic E-state index is 0.0868. The van der Waals surface area contributed by atoms with Gasteiger partial charge in [0.25, 0.3) is 0 Å². The Kier molecular flexibility index (Phi) is 4.97. The molecule has 3 rings (SSSR count). The molecule has 1 fully saturated rings. The van der Waals surface area contributed by atoms with Crippen LogP contribution in [0.2, 0.25) is 0 Å². The van der Waals surface area contributed by atoms with Crippen LogP contribution in [0.5, 0.6) is 0 Å². The van der Waals surface area contributed by atoms with Crippen molar-refractivity contribution >= 4 is 29.2 Å². The smallest absolute Gasteiger partial charge is 0.337 e. The molecule has 6 nitrogen and oxygen atoms in total. The lowest BCUT2D eigenvalue weighted by atomic mass is 10.1. The largest absolute Gasteiger partial charge is 0.465 e. The number of esters is 1. The van der Waals surface area contributed by atoms with Crippen molar-refractivity contribution in [1.29, 1.82) is 0 Å². The minimum atomic E-state index is -0.507. The zero-order chi connectivity index (χ0) is 18.7. The maximum Gasteiger partial charge on any atom is 0.337 e. The predicted octanol–water partition coefficient (Wildman–Crippen LogP) is 2.60. The van der Waals surface area contributed by atoms with Gasteiger partial charge in [0.1, 0.15) is 5.82 Å². The van der Waals surface area contributed by atoms with Crippen LogP contribution in [0.1, 0.15) is 16.8 Å². The van der Waals surface area contributed by atoms with Crippen molar-refractivity contribution in [2.75, 3.05) is 23.9 Å². The van der Waals surface area contributed by atoms with Crippen LogP contribution in [-0.4, -0.2) is 31.4 Å². The van der Waals surface area contributed by atoms with Gasteiger partial charge in [0.05, 0.1) is 18.6 Å². The molecule has 0 aromatic heterocycles. The molecule has 0 spiro atoms. The quantitative estimate of drug-likeness (QED) is 0.855. The maximum atomic E-state index is 13.0. The molecule has 0 bridgehead atoms. The van der Waals surface area contributed by atoms with Crippen LogP contribution < -0.4 is 10.2 Å². The van der Waals surface area contributed by atoms with Gasteiger partial charge in [-0.1, -0.05) is 0 Å². The van der Waals surface area contributed by atoms with E-state index < -0.39 is 11.9 Å². The highest BCUT2D eigenvalue weighted by atomic mass is 19.1. The molecule has 1 saturated heterocycles. The summed E-state index contributed by atoms with van der Waals surface area (Å²) < 4.78 is 17.6. The summed E-state index contributed by atoms with van der Waals surface area (Å²) in [6, 6.07) is 11.9. The number of carbonyl (C=O) groups is 3. The number of carbonyl (C=O) groups excluding carboxylic acids is 3. The van der Waals surface area contributed by atoms with Crippen LogP contribution in [0.3, 0.4) is 0 Å². The van der Waals surface area contributed by atoms with E-state index in [0.29, 0.717) is 16.9 Å². The maximum absolute atomic E-state index is 13.0. The van der Waals surface area contributed by atoms with Crippen molar-refractivity contribution < 1.29 is 23.5 Å². The average Bonchev–Trinajstić information content (AvgIpc) is 3.04. The van der Waals surface area contributed by atoms with E-state index in [1.165, 1.54) is 36.3 Å². The highest BCUT2D eigenvalue weighted by Crippen LogP contribution is 2.26. The molecule has 1 aliphatic heterocycles. The highest BCUT2D eigenvalue weighted by Gasteiger charge is 2.35. The van der Waals surface area contributed by atoms with E-state index in [-0.39, 0.29) is 30.6 Å². The lowest BCUT2D eigenvalue weighted by Crippen LogP contribution is -2.28. The number of nitrogens with zero attached hydrogens (tertiary/aromatic N) is 1. The van der Waals surface area contributed by atoms with Gasteiger partial charge in [-0.25, -0.2) is 9.18 Å². The molecule has 2 aromatic carbocycles. The Balaban J connectivity index is 1.64. The van der Waals surface area contributed by atoms with Gasteiger partial charge >= 0.3 is 5.97 Å². The Morgan fingerprint density at radius 1 is 1.12 bits per heavy atom. The molecular formula is C19H17FN2O4. The van der Waals surface area contributed by atoms with Gasteiger partial charge in [-0.2, -0.15) is 0 Å². The zero-order valence-corrected chi connectivity index (χ0v) is 14.1. The summed E-state index contributed by atoms with van der Waals surface area (Å²) in [6.07, 6.45) is 0.0868. The van der Waals surface area contributed by atoms with Crippen LogP contribution in [0.25, 0.3) is 0 Å². The molecule has 2 aromatic rings. The number of nitrogens with one attached hydrogen (secondary N) is 1. The molecule has 0 aliphatic carbocycles. The fourth-order valence-corrected chi connectivity index (χ4v) is 2.81. The van der Waals surface area contributed by atoms with Crippen LogP contribution in [0.4, 0.5) is 15.8 Å². The number of rotatable bonds is 4. The zero-order valence-electron chi connectivity index (χ0n) is 14.1. The third kappa shape index (κ3) is 3.72. The van der Waals surface area contributed by atoms with Crippen molar-refractivity contribution in [3.8, 4) is 0 Å². The monoisotopic (exact) mass is 356 g/mol. The summed E-state index contributed by atoms with van der Waals surface area (Å²) in [4.78, 5) is 37.5. The molecular weight excluding hydrogens is 339 g/mol. The van der Waals surface area contributed by atoms with Gasteiger partial charge in [0.15, 0.2) is 0 Å². The molecule has 1 atom stereocenters. The summed E-state index contributed by atoms with van der Waals surface area (Å²) >= 11 is 0. The Labute approximate surface area is 149 Å². The first-order chi connectivity index (χ1) is 12.5. The third-order valence-corrected chi connectivity index (χ3v) is 4.21. The summed E-state index contributed by atoms with van der Waals surface area (Å²) in [6.45, 7) is 0.233. The third-order valence-electron chi connectivity index (χ3n) is 4.21. The second kappa shape index (κ2) is 7.35. The SMILES string of the molecule is COC(=O)c1ccc(NC(=O)[C@@H]2CC(=O)N(c3ccc(F)cc3)C2)cc1. The van der Waals surface area contributed by atoms with Gasteiger partial charge in [0, 0.05) is 24.3 Å². The molecule has 1 aliphatic rings. The van der Waals surface area contributed by atoms with Crippen LogP contribution in [0.15, 0.2) is 48.5 Å². The second-order valence-corrected chi connectivity index (χ2v) is 5.94. The molecule has 0 saturated carbocycles. The summed E-state index contributed by atoms with van der Waals surface area (Å²) in [5, 5.41) is 2.74. The summed E-state index contributed by atoms with van der Waals surface area (Å²) in [5.41, 5.74) is 1.47. The molecule has 134 valence electrons. The first-order valence-electron chi connectivity index (χ1n) is 8.03. The molecule has 1 N–H and O–H groups in total. The Hall–Kier alpha value is -3.22. The topological polar surface area (TPSA) is 75.7 Å². The molecule has 1 heterocycles. The number of hydrogen-bond acceptors (Lipinski definition) is 4. The van der Waals surface area contributed by atoms with Gasteiger partial charge in [-0.05, 0) is 48.5 Å². The highest BCUT2D eigenvalue weighted by molar-refractivity contribution is 6.03. The van der Waals surface area contributed by atoms with Gasteiger partial charge < -0.3 is 15.0 Å². The van der Waals surface area contributed by atoms with Crippen molar-refractivity contribution in [3.63, 3.8) is 0 Å². The van der Waals surface area contributed by atoms with Crippen LogP contribution in [-0.2, 0) is 14.3 Å². The van der Waals surface area contributed by atoms with E-state index in [1.807, 2.05) is 0 Å². The van der Waals surface area contributed by atoms with E-state index >= 15 is 0 Å². The minimum Gasteiger partial charge on any atom is -0.465 e. The van der Waals surface area contributed by atoms with Crippen molar-refractivity contribution in [1.82, 2.24) is 0 Å². The average molecular weight is 356 g/mol. The van der Waals surface area contributed by atoms with Gasteiger partial charge in [0.2, 0.25) is 11.8 Å². The van der Waals surface area contributed by atoms with E-state index in [9.17, 15) is 18.8 Å². The van der Waals surface area contributed by atoms with E-state index in [0.717, 1.165) is 0 Å². The van der Waals surface area contributed by atoms with E-state index in [2.05, 4.69) is 10.1 Å². The van der Waals surface area contributed by atoms with Crippen LogP contribution in [0, 0.1) is 11.7 Å².